The highest BCUT2D eigenvalue weighted by atomic mass is 16.5. The van der Waals surface area contributed by atoms with E-state index in [9.17, 15) is 0 Å². The summed E-state index contributed by atoms with van der Waals surface area (Å²) in [5, 5.41) is 106. The Bertz CT molecular complexity index is 357. The summed E-state index contributed by atoms with van der Waals surface area (Å²) in [6.07, 6.45) is 1.19. The Morgan fingerprint density at radius 2 is 0.514 bits per heavy atom. The molecule has 13 nitrogen and oxygen atoms in total. The molecule has 0 atom stereocenters. The van der Waals surface area contributed by atoms with Crippen molar-refractivity contribution in [1.29, 1.82) is 0 Å². The molecule has 0 radical (unpaired) electrons. The fraction of sp³-hybridized carbons (Fsp3) is 1.00. The van der Waals surface area contributed by atoms with Crippen LogP contribution in [0.4, 0.5) is 0 Å². The number of ether oxygens (including phenoxy) is 1. The molecule has 0 saturated carbocycles. The van der Waals surface area contributed by atoms with Gasteiger partial charge in [-0.2, -0.15) is 0 Å². The van der Waals surface area contributed by atoms with Crippen molar-refractivity contribution < 1.29 is 66.0 Å². The fourth-order valence-electron chi connectivity index (χ4n) is 2.03. The molecule has 0 aliphatic rings. The van der Waals surface area contributed by atoms with Crippen molar-refractivity contribution in [3.8, 4) is 0 Å². The van der Waals surface area contributed by atoms with Gasteiger partial charge in [-0.05, 0) is 12.8 Å². The zero-order valence-corrected chi connectivity index (χ0v) is 21.1. The Kier molecular flexibility index (Phi) is 24.0. The van der Waals surface area contributed by atoms with Gasteiger partial charge in [-0.25, -0.2) is 0 Å². The summed E-state index contributed by atoms with van der Waals surface area (Å²) < 4.78 is 5.15. The van der Waals surface area contributed by atoms with Crippen LogP contribution in [0.15, 0.2) is 0 Å². The van der Waals surface area contributed by atoms with Gasteiger partial charge in [0.1, 0.15) is 0 Å². The van der Waals surface area contributed by atoms with Crippen molar-refractivity contribution in [2.24, 2.45) is 21.7 Å². The molecule has 12 N–H and O–H groups in total. The fourth-order valence-corrected chi connectivity index (χ4v) is 2.03. The summed E-state index contributed by atoms with van der Waals surface area (Å²) in [4.78, 5) is 0. The maximum atomic E-state index is 9.03. The first kappa shape index (κ1) is 39.0. The van der Waals surface area contributed by atoms with Crippen LogP contribution < -0.4 is 0 Å². The molecule has 35 heavy (non-hydrogen) atoms. The number of aliphatic hydroxyl groups excluding tert-OH is 12. The molecule has 0 aromatic carbocycles. The molecule has 216 valence electrons. The van der Waals surface area contributed by atoms with Gasteiger partial charge in [0.2, 0.25) is 0 Å². The standard InChI is InChI=1S/C10H22O7.2C6H14O3/c11-1-9(2-12,3-13)7-17-8-10(4-14,5-15)6-16;2*1-2-6(3-7,4-8)5-9/h11-16H,1-8H2;2*7-9H,2-5H2,1H3. The Morgan fingerprint density at radius 3 is 0.600 bits per heavy atom. The molecule has 0 heterocycles. The van der Waals surface area contributed by atoms with Crippen LogP contribution >= 0.6 is 0 Å². The summed E-state index contributed by atoms with van der Waals surface area (Å²) in [5.41, 5.74) is -3.65. The summed E-state index contributed by atoms with van der Waals surface area (Å²) in [6.45, 7) is -0.299. The van der Waals surface area contributed by atoms with Crippen molar-refractivity contribution in [3.63, 3.8) is 0 Å². The topological polar surface area (TPSA) is 252 Å². The van der Waals surface area contributed by atoms with E-state index in [1.165, 1.54) is 0 Å². The molecule has 0 unspecified atom stereocenters. The Labute approximate surface area is 207 Å². The minimum absolute atomic E-state index is 0.141. The van der Waals surface area contributed by atoms with Crippen LogP contribution in [0.3, 0.4) is 0 Å². The number of aliphatic hydroxyl groups is 12. The van der Waals surface area contributed by atoms with E-state index in [2.05, 4.69) is 0 Å². The molecular formula is C22H50O13. The second-order valence-corrected chi connectivity index (χ2v) is 9.10. The zero-order chi connectivity index (χ0) is 28.0. The van der Waals surface area contributed by atoms with Gasteiger partial charge >= 0.3 is 0 Å². The predicted octanol–water partition coefficient (Wildman–Crippen LogP) is -4.35. The lowest BCUT2D eigenvalue weighted by Crippen LogP contribution is -2.43. The number of hydrogen-bond acceptors (Lipinski definition) is 13. The average Bonchev–Trinajstić information content (AvgIpc) is 2.94. The van der Waals surface area contributed by atoms with E-state index < -0.39 is 61.3 Å². The van der Waals surface area contributed by atoms with Gasteiger partial charge in [-0.1, -0.05) is 13.8 Å². The van der Waals surface area contributed by atoms with E-state index in [1.54, 1.807) is 0 Å². The molecular weight excluding hydrogens is 472 g/mol. The minimum atomic E-state index is -1.16. The average molecular weight is 523 g/mol. The lowest BCUT2D eigenvalue weighted by Gasteiger charge is -2.31. The zero-order valence-electron chi connectivity index (χ0n) is 21.1. The molecule has 0 bridgehead atoms. The molecule has 0 aliphatic carbocycles. The van der Waals surface area contributed by atoms with Gasteiger partial charge in [0.15, 0.2) is 0 Å². The van der Waals surface area contributed by atoms with Crippen LogP contribution in [0.5, 0.6) is 0 Å². The van der Waals surface area contributed by atoms with Gasteiger partial charge in [-0.15, -0.1) is 0 Å². The van der Waals surface area contributed by atoms with Crippen molar-refractivity contribution in [2.75, 3.05) is 92.5 Å². The summed E-state index contributed by atoms with van der Waals surface area (Å²) in [7, 11) is 0. The molecule has 0 rings (SSSR count). The van der Waals surface area contributed by atoms with Crippen molar-refractivity contribution in [1.82, 2.24) is 0 Å². The number of rotatable bonds is 18. The van der Waals surface area contributed by atoms with Gasteiger partial charge in [0, 0.05) is 10.8 Å². The largest absolute Gasteiger partial charge is 0.396 e. The van der Waals surface area contributed by atoms with Crippen LogP contribution in [0.1, 0.15) is 26.7 Å². The minimum Gasteiger partial charge on any atom is -0.396 e. The number of hydrogen-bond donors (Lipinski definition) is 12. The van der Waals surface area contributed by atoms with Crippen LogP contribution in [-0.2, 0) is 4.74 Å². The lowest BCUT2D eigenvalue weighted by molar-refractivity contribution is -0.103. The Balaban J connectivity index is -0.000000481. The molecule has 13 heteroatoms. The van der Waals surface area contributed by atoms with Gasteiger partial charge in [0.05, 0.1) is 103 Å². The third-order valence-electron chi connectivity index (χ3n) is 6.34. The summed E-state index contributed by atoms with van der Waals surface area (Å²) in [6, 6.07) is 0. The van der Waals surface area contributed by atoms with E-state index in [1.807, 2.05) is 13.8 Å². The van der Waals surface area contributed by atoms with E-state index >= 15 is 0 Å². The van der Waals surface area contributed by atoms with Crippen LogP contribution in [0.25, 0.3) is 0 Å². The van der Waals surface area contributed by atoms with E-state index in [-0.39, 0.29) is 52.9 Å². The highest BCUT2D eigenvalue weighted by Gasteiger charge is 2.33. The van der Waals surface area contributed by atoms with E-state index in [0.29, 0.717) is 12.8 Å². The predicted molar refractivity (Wildman–Crippen MR) is 126 cm³/mol. The first-order valence-corrected chi connectivity index (χ1v) is 11.4. The second kappa shape index (κ2) is 21.6. The maximum Gasteiger partial charge on any atom is 0.0629 e. The van der Waals surface area contributed by atoms with E-state index in [4.69, 9.17) is 66.0 Å². The summed E-state index contributed by atoms with van der Waals surface area (Å²) >= 11 is 0. The maximum absolute atomic E-state index is 9.03. The molecule has 0 aromatic heterocycles. The van der Waals surface area contributed by atoms with Crippen LogP contribution in [0.2, 0.25) is 0 Å². The smallest absolute Gasteiger partial charge is 0.0629 e. The highest BCUT2D eigenvalue weighted by molar-refractivity contribution is 4.80. The van der Waals surface area contributed by atoms with E-state index in [0.717, 1.165) is 0 Å². The molecule has 0 aromatic rings. The monoisotopic (exact) mass is 522 g/mol. The van der Waals surface area contributed by atoms with Gasteiger partial charge in [0.25, 0.3) is 0 Å². The second-order valence-electron chi connectivity index (χ2n) is 9.10. The lowest BCUT2D eigenvalue weighted by atomic mass is 9.88. The Morgan fingerprint density at radius 1 is 0.343 bits per heavy atom. The SMILES string of the molecule is CCC(CO)(CO)CO.CCC(CO)(CO)CO.OCC(CO)(CO)COCC(CO)(CO)CO. The normalized spacial score (nSPS) is 12.5. The van der Waals surface area contributed by atoms with Gasteiger partial charge < -0.3 is 66.0 Å². The third-order valence-corrected chi connectivity index (χ3v) is 6.34. The van der Waals surface area contributed by atoms with Crippen molar-refractivity contribution in [3.05, 3.63) is 0 Å². The first-order chi connectivity index (χ1) is 16.6. The highest BCUT2D eigenvalue weighted by Crippen LogP contribution is 2.20. The molecule has 0 aliphatic heterocycles. The molecule has 0 amide bonds. The molecule has 0 fully saturated rings. The first-order valence-electron chi connectivity index (χ1n) is 11.4. The van der Waals surface area contributed by atoms with Gasteiger partial charge in [-0.3, -0.25) is 0 Å². The third kappa shape index (κ3) is 13.6. The van der Waals surface area contributed by atoms with Crippen molar-refractivity contribution >= 4 is 0 Å². The van der Waals surface area contributed by atoms with Crippen LogP contribution in [-0.4, -0.2) is 154 Å². The molecule has 0 spiro atoms. The summed E-state index contributed by atoms with van der Waals surface area (Å²) in [5.74, 6) is 0. The quantitative estimate of drug-likeness (QED) is 0.0814. The molecule has 0 saturated heterocycles. The Hall–Kier alpha value is -0.520. The van der Waals surface area contributed by atoms with Crippen LogP contribution in [0, 0.1) is 21.7 Å². The van der Waals surface area contributed by atoms with Crippen molar-refractivity contribution in [2.45, 2.75) is 26.7 Å².